The van der Waals surface area contributed by atoms with E-state index in [2.05, 4.69) is 15.6 Å². The first-order valence-electron chi connectivity index (χ1n) is 9.70. The number of nitrogens with two attached hydrogens (primary N) is 1. The number of nitrogens with zero attached hydrogens (tertiary/aromatic N) is 1. The molecule has 26 heavy (non-hydrogen) atoms. The highest BCUT2D eigenvalue weighted by atomic mass is 16.5. The fraction of sp³-hybridized carbons (Fsp3) is 0.600. The molecule has 2 rings (SSSR count). The number of carbonyl (C=O) groups excluding carboxylic acids is 1. The van der Waals surface area contributed by atoms with Crippen molar-refractivity contribution in [3.05, 3.63) is 29.8 Å². The van der Waals surface area contributed by atoms with Crippen LogP contribution in [-0.4, -0.2) is 31.6 Å². The van der Waals surface area contributed by atoms with Crippen molar-refractivity contribution in [2.45, 2.75) is 52.0 Å². The third-order valence-corrected chi connectivity index (χ3v) is 4.58. The van der Waals surface area contributed by atoms with E-state index >= 15 is 0 Å². The van der Waals surface area contributed by atoms with E-state index in [0.29, 0.717) is 12.5 Å². The third kappa shape index (κ3) is 7.44. The van der Waals surface area contributed by atoms with Crippen LogP contribution in [0.3, 0.4) is 0 Å². The fourth-order valence-electron chi connectivity index (χ4n) is 3.12. The summed E-state index contributed by atoms with van der Waals surface area (Å²) in [6, 6.07) is 7.81. The lowest BCUT2D eigenvalue weighted by atomic mass is 9.88. The lowest BCUT2D eigenvalue weighted by Crippen LogP contribution is -2.32. The van der Waals surface area contributed by atoms with Crippen LogP contribution >= 0.6 is 0 Å². The molecule has 0 spiro atoms. The van der Waals surface area contributed by atoms with Crippen LogP contribution in [-0.2, 0) is 16.1 Å². The van der Waals surface area contributed by atoms with Crippen LogP contribution in [0.2, 0.25) is 0 Å². The van der Waals surface area contributed by atoms with E-state index in [9.17, 15) is 4.79 Å². The number of amides is 1. The lowest BCUT2D eigenvalue weighted by Gasteiger charge is -2.20. The van der Waals surface area contributed by atoms with Crippen LogP contribution in [0.5, 0.6) is 0 Å². The van der Waals surface area contributed by atoms with Gasteiger partial charge in [-0.15, -0.1) is 0 Å². The van der Waals surface area contributed by atoms with Crippen molar-refractivity contribution in [3.63, 3.8) is 0 Å². The number of aliphatic imine (C=N–C) groups is 1. The Kier molecular flexibility index (Phi) is 8.96. The number of guanidine groups is 1. The minimum absolute atomic E-state index is 0.140. The molecule has 6 heteroatoms. The van der Waals surface area contributed by atoms with Crippen LogP contribution in [0, 0.1) is 5.92 Å². The van der Waals surface area contributed by atoms with E-state index in [4.69, 9.17) is 10.5 Å². The van der Waals surface area contributed by atoms with Gasteiger partial charge in [-0.3, -0.25) is 4.79 Å². The number of carbonyl (C=O) groups is 1. The first-order chi connectivity index (χ1) is 12.7. The standard InChI is InChI=1S/C20H32N4O2/c1-2-26-13-7-12-22-20(21)23-15-16-8-6-11-18(14-16)24-19(25)17-9-4-3-5-10-17/h6,8,11,14,17H,2-5,7,9-10,12-13,15H2,1H3,(H,24,25)(H3,21,22,23). The summed E-state index contributed by atoms with van der Waals surface area (Å²) in [5, 5.41) is 6.12. The first-order valence-corrected chi connectivity index (χ1v) is 9.70. The Morgan fingerprint density at radius 2 is 2.12 bits per heavy atom. The van der Waals surface area contributed by atoms with Crippen molar-refractivity contribution < 1.29 is 9.53 Å². The molecule has 144 valence electrons. The predicted octanol–water partition coefficient (Wildman–Crippen LogP) is 3.04. The van der Waals surface area contributed by atoms with Crippen molar-refractivity contribution in [2.24, 2.45) is 16.6 Å². The Hall–Kier alpha value is -2.08. The molecule has 6 nitrogen and oxygen atoms in total. The Morgan fingerprint density at radius 1 is 1.31 bits per heavy atom. The van der Waals surface area contributed by atoms with Gasteiger partial charge in [0, 0.05) is 31.4 Å². The maximum Gasteiger partial charge on any atom is 0.227 e. The number of hydrogen-bond donors (Lipinski definition) is 3. The van der Waals surface area contributed by atoms with Crippen molar-refractivity contribution in [3.8, 4) is 0 Å². The number of ether oxygens (including phenoxy) is 1. The van der Waals surface area contributed by atoms with Crippen molar-refractivity contribution >= 4 is 17.6 Å². The molecular formula is C20H32N4O2. The van der Waals surface area contributed by atoms with Crippen LogP contribution < -0.4 is 16.4 Å². The van der Waals surface area contributed by atoms with Crippen LogP contribution in [0.4, 0.5) is 5.69 Å². The highest BCUT2D eigenvalue weighted by Gasteiger charge is 2.20. The molecule has 0 heterocycles. The summed E-state index contributed by atoms with van der Waals surface area (Å²) in [6.45, 7) is 4.66. The van der Waals surface area contributed by atoms with Gasteiger partial charge in [0.05, 0.1) is 6.54 Å². The molecular weight excluding hydrogens is 328 g/mol. The molecule has 1 amide bonds. The summed E-state index contributed by atoms with van der Waals surface area (Å²) >= 11 is 0. The maximum absolute atomic E-state index is 12.4. The molecule has 1 saturated carbocycles. The molecule has 0 aliphatic heterocycles. The van der Waals surface area contributed by atoms with E-state index in [-0.39, 0.29) is 11.8 Å². The maximum atomic E-state index is 12.4. The van der Waals surface area contributed by atoms with Gasteiger partial charge in [0.25, 0.3) is 0 Å². The Bertz CT molecular complexity index is 583. The van der Waals surface area contributed by atoms with Crippen LogP contribution in [0.15, 0.2) is 29.3 Å². The summed E-state index contributed by atoms with van der Waals surface area (Å²) in [6.07, 6.45) is 6.46. The molecule has 0 bridgehead atoms. The van der Waals surface area contributed by atoms with Crippen LogP contribution in [0.1, 0.15) is 51.0 Å². The molecule has 0 saturated heterocycles. The summed E-state index contributed by atoms with van der Waals surface area (Å²) in [4.78, 5) is 16.7. The second kappa shape index (κ2) is 11.5. The zero-order valence-electron chi connectivity index (χ0n) is 15.8. The molecule has 0 radical (unpaired) electrons. The molecule has 1 aromatic carbocycles. The SMILES string of the molecule is CCOCCCNC(N)=NCc1cccc(NC(=O)C2CCCCC2)c1. The Balaban J connectivity index is 1.78. The van der Waals surface area contributed by atoms with Crippen LogP contribution in [0.25, 0.3) is 0 Å². The average Bonchev–Trinajstić information content (AvgIpc) is 2.67. The Morgan fingerprint density at radius 3 is 2.88 bits per heavy atom. The quantitative estimate of drug-likeness (QED) is 0.359. The molecule has 1 fully saturated rings. The molecule has 0 unspecified atom stereocenters. The number of anilines is 1. The Labute approximate surface area is 156 Å². The summed E-state index contributed by atoms with van der Waals surface area (Å²) in [5.41, 5.74) is 7.73. The molecule has 1 aromatic rings. The minimum atomic E-state index is 0.140. The zero-order chi connectivity index (χ0) is 18.6. The van der Waals surface area contributed by atoms with E-state index in [0.717, 1.165) is 63.1 Å². The lowest BCUT2D eigenvalue weighted by molar-refractivity contribution is -0.120. The second-order valence-electron chi connectivity index (χ2n) is 6.70. The summed E-state index contributed by atoms with van der Waals surface area (Å²) < 4.78 is 5.28. The van der Waals surface area contributed by atoms with Gasteiger partial charge in [0.15, 0.2) is 5.96 Å². The van der Waals surface area contributed by atoms with E-state index in [1.54, 1.807) is 0 Å². The number of benzene rings is 1. The van der Waals surface area contributed by atoms with Gasteiger partial charge in [0.1, 0.15) is 0 Å². The average molecular weight is 361 g/mol. The number of hydrogen-bond acceptors (Lipinski definition) is 3. The minimum Gasteiger partial charge on any atom is -0.382 e. The largest absolute Gasteiger partial charge is 0.382 e. The predicted molar refractivity (Wildman–Crippen MR) is 106 cm³/mol. The number of rotatable bonds is 9. The van der Waals surface area contributed by atoms with Gasteiger partial charge in [-0.1, -0.05) is 31.4 Å². The highest BCUT2D eigenvalue weighted by molar-refractivity contribution is 5.92. The fourth-order valence-corrected chi connectivity index (χ4v) is 3.12. The first kappa shape index (κ1) is 20.2. The monoisotopic (exact) mass is 360 g/mol. The van der Waals surface area contributed by atoms with Gasteiger partial charge in [-0.05, 0) is 43.9 Å². The van der Waals surface area contributed by atoms with E-state index in [1.807, 2.05) is 31.2 Å². The molecule has 4 N–H and O–H groups in total. The van der Waals surface area contributed by atoms with Gasteiger partial charge < -0.3 is 21.1 Å². The van der Waals surface area contributed by atoms with Gasteiger partial charge >= 0.3 is 0 Å². The molecule has 0 atom stereocenters. The topological polar surface area (TPSA) is 88.7 Å². The van der Waals surface area contributed by atoms with Gasteiger partial charge in [-0.25, -0.2) is 4.99 Å². The normalized spacial score (nSPS) is 15.7. The van der Waals surface area contributed by atoms with Crippen molar-refractivity contribution in [1.29, 1.82) is 0 Å². The third-order valence-electron chi connectivity index (χ3n) is 4.58. The van der Waals surface area contributed by atoms with Gasteiger partial charge in [0.2, 0.25) is 5.91 Å². The zero-order valence-corrected chi connectivity index (χ0v) is 15.8. The van der Waals surface area contributed by atoms with Gasteiger partial charge in [-0.2, -0.15) is 0 Å². The molecule has 1 aliphatic carbocycles. The molecule has 0 aromatic heterocycles. The number of nitrogens with one attached hydrogen (secondary N) is 2. The van der Waals surface area contributed by atoms with Crippen molar-refractivity contribution in [1.82, 2.24) is 5.32 Å². The highest BCUT2D eigenvalue weighted by Crippen LogP contribution is 2.25. The summed E-state index contributed by atoms with van der Waals surface area (Å²) in [5.74, 6) is 0.723. The van der Waals surface area contributed by atoms with E-state index in [1.165, 1.54) is 6.42 Å². The van der Waals surface area contributed by atoms with E-state index < -0.39 is 0 Å². The molecule has 1 aliphatic rings. The second-order valence-corrected chi connectivity index (χ2v) is 6.70. The summed E-state index contributed by atoms with van der Waals surface area (Å²) in [7, 11) is 0. The van der Waals surface area contributed by atoms with Crippen molar-refractivity contribution in [2.75, 3.05) is 25.1 Å². The smallest absolute Gasteiger partial charge is 0.227 e.